The molecule has 6 nitrogen and oxygen atoms in total. The van der Waals surface area contributed by atoms with Crippen molar-refractivity contribution in [3.05, 3.63) is 17.6 Å². The fourth-order valence-corrected chi connectivity index (χ4v) is 5.96. The Morgan fingerprint density at radius 3 is 2.48 bits per heavy atom. The van der Waals surface area contributed by atoms with Crippen molar-refractivity contribution in [3.8, 4) is 0 Å². The van der Waals surface area contributed by atoms with Crippen molar-refractivity contribution in [2.75, 3.05) is 25.5 Å². The number of hydrogen-bond donors (Lipinski definition) is 0. The molecule has 1 saturated carbocycles. The van der Waals surface area contributed by atoms with Gasteiger partial charge in [-0.1, -0.05) is 12.8 Å². The molecule has 2 fully saturated rings. The molecule has 0 radical (unpaired) electrons. The van der Waals surface area contributed by atoms with Gasteiger partial charge in [-0.25, -0.2) is 18.4 Å². The first-order valence-electron chi connectivity index (χ1n) is 8.43. The van der Waals surface area contributed by atoms with Gasteiger partial charge in [0.15, 0.2) is 0 Å². The molecular weight excluding hydrogens is 312 g/mol. The van der Waals surface area contributed by atoms with Crippen molar-refractivity contribution >= 4 is 15.8 Å². The van der Waals surface area contributed by atoms with E-state index in [4.69, 9.17) is 0 Å². The van der Waals surface area contributed by atoms with Crippen molar-refractivity contribution in [2.24, 2.45) is 0 Å². The van der Waals surface area contributed by atoms with Gasteiger partial charge in [0, 0.05) is 26.7 Å². The normalized spacial score (nSPS) is 23.5. The molecule has 1 unspecified atom stereocenters. The molecule has 1 saturated heterocycles. The molecule has 0 amide bonds. The van der Waals surface area contributed by atoms with E-state index in [1.165, 1.54) is 0 Å². The zero-order valence-electron chi connectivity index (χ0n) is 14.2. The van der Waals surface area contributed by atoms with Crippen LogP contribution in [0.4, 0.5) is 5.82 Å². The molecule has 128 valence electrons. The van der Waals surface area contributed by atoms with Crippen LogP contribution in [0.25, 0.3) is 0 Å². The van der Waals surface area contributed by atoms with Crippen LogP contribution in [0.2, 0.25) is 0 Å². The third-order valence-corrected chi connectivity index (χ3v) is 7.30. The number of aryl methyl sites for hydroxylation is 1. The second-order valence-corrected chi connectivity index (χ2v) is 8.98. The fraction of sp³-hybridized carbons (Fsp3) is 0.750. The quantitative estimate of drug-likeness (QED) is 0.842. The molecule has 1 aliphatic heterocycles. The topological polar surface area (TPSA) is 66.4 Å². The summed E-state index contributed by atoms with van der Waals surface area (Å²) in [6.07, 6.45) is 5.40. The Labute approximate surface area is 139 Å². The first-order valence-corrected chi connectivity index (χ1v) is 9.93. The zero-order chi connectivity index (χ0) is 16.6. The summed E-state index contributed by atoms with van der Waals surface area (Å²) in [5.74, 6) is 1.52. The summed E-state index contributed by atoms with van der Waals surface area (Å²) in [5, 5.41) is -0.195. The highest BCUT2D eigenvalue weighted by molar-refractivity contribution is 7.89. The molecule has 1 aromatic heterocycles. The monoisotopic (exact) mass is 338 g/mol. The van der Waals surface area contributed by atoms with Gasteiger partial charge in [-0.15, -0.1) is 0 Å². The lowest BCUT2D eigenvalue weighted by Crippen LogP contribution is -2.37. The first kappa shape index (κ1) is 16.6. The lowest BCUT2D eigenvalue weighted by atomic mass is 10.1. The molecule has 2 aliphatic rings. The van der Waals surface area contributed by atoms with Gasteiger partial charge in [0.25, 0.3) is 0 Å². The van der Waals surface area contributed by atoms with Gasteiger partial charge in [0.2, 0.25) is 10.0 Å². The minimum Gasteiger partial charge on any atom is -0.363 e. The Kier molecular flexibility index (Phi) is 4.60. The van der Waals surface area contributed by atoms with E-state index in [1.807, 2.05) is 32.0 Å². The Morgan fingerprint density at radius 2 is 1.83 bits per heavy atom. The van der Waals surface area contributed by atoms with Crippen molar-refractivity contribution in [1.29, 1.82) is 0 Å². The Hall–Kier alpha value is -1.21. The number of hydrogen-bond acceptors (Lipinski definition) is 5. The van der Waals surface area contributed by atoms with E-state index >= 15 is 0 Å². The van der Waals surface area contributed by atoms with E-state index in [0.29, 0.717) is 12.4 Å². The molecular formula is C16H26N4O2S. The first-order chi connectivity index (χ1) is 10.9. The van der Waals surface area contributed by atoms with Crippen LogP contribution in [0, 0.1) is 6.92 Å². The summed E-state index contributed by atoms with van der Waals surface area (Å²) in [7, 11) is 0.653. The van der Waals surface area contributed by atoms with Crippen LogP contribution in [0.5, 0.6) is 0 Å². The van der Waals surface area contributed by atoms with Gasteiger partial charge in [0.05, 0.1) is 17.0 Å². The lowest BCUT2D eigenvalue weighted by Gasteiger charge is -2.27. The smallest absolute Gasteiger partial charge is 0.217 e. The molecule has 3 rings (SSSR count). The number of nitrogens with zero attached hydrogens (tertiary/aromatic N) is 4. The van der Waals surface area contributed by atoms with E-state index in [9.17, 15) is 8.42 Å². The molecule has 1 aliphatic carbocycles. The maximum atomic E-state index is 13.0. The SMILES string of the molecule is Cc1nc(C2CCCN2S(=O)(=O)C2CCCC2)cc(N(C)C)n1. The van der Waals surface area contributed by atoms with Gasteiger partial charge in [-0.3, -0.25) is 0 Å². The maximum Gasteiger partial charge on any atom is 0.217 e. The zero-order valence-corrected chi connectivity index (χ0v) is 15.0. The molecule has 2 heterocycles. The van der Waals surface area contributed by atoms with Gasteiger partial charge in [0.1, 0.15) is 11.6 Å². The molecule has 0 bridgehead atoms. The fourth-order valence-electron chi connectivity index (χ4n) is 3.69. The van der Waals surface area contributed by atoms with Crippen molar-refractivity contribution < 1.29 is 8.42 Å². The van der Waals surface area contributed by atoms with E-state index in [0.717, 1.165) is 50.0 Å². The number of aromatic nitrogens is 2. The van der Waals surface area contributed by atoms with Gasteiger partial charge >= 0.3 is 0 Å². The molecule has 0 spiro atoms. The lowest BCUT2D eigenvalue weighted by molar-refractivity contribution is 0.382. The highest BCUT2D eigenvalue weighted by atomic mass is 32.2. The molecule has 1 atom stereocenters. The van der Waals surface area contributed by atoms with Gasteiger partial charge in [-0.05, 0) is 32.6 Å². The van der Waals surface area contributed by atoms with Crippen LogP contribution < -0.4 is 4.90 Å². The van der Waals surface area contributed by atoms with Crippen molar-refractivity contribution in [2.45, 2.75) is 56.7 Å². The second kappa shape index (κ2) is 6.36. The van der Waals surface area contributed by atoms with Crippen molar-refractivity contribution in [1.82, 2.24) is 14.3 Å². The highest BCUT2D eigenvalue weighted by Crippen LogP contribution is 2.38. The van der Waals surface area contributed by atoms with Crippen LogP contribution >= 0.6 is 0 Å². The summed E-state index contributed by atoms with van der Waals surface area (Å²) >= 11 is 0. The van der Waals surface area contributed by atoms with Gasteiger partial charge in [-0.2, -0.15) is 4.31 Å². The average molecular weight is 338 g/mol. The Morgan fingerprint density at radius 1 is 1.13 bits per heavy atom. The number of anilines is 1. The van der Waals surface area contributed by atoms with Crippen LogP contribution in [0.15, 0.2) is 6.07 Å². The largest absolute Gasteiger partial charge is 0.363 e. The predicted octanol–water partition coefficient (Wildman–Crippen LogP) is 2.26. The predicted molar refractivity (Wildman–Crippen MR) is 91.0 cm³/mol. The summed E-state index contributed by atoms with van der Waals surface area (Å²) in [5.41, 5.74) is 0.834. The molecule has 0 N–H and O–H groups in total. The van der Waals surface area contributed by atoms with E-state index < -0.39 is 10.0 Å². The standard InChI is InChI=1S/C16H26N4O2S/c1-12-17-14(11-16(18-12)19(2)3)15-9-6-10-20(15)23(21,22)13-7-4-5-8-13/h11,13,15H,4-10H2,1-3H3. The average Bonchev–Trinajstić information content (AvgIpc) is 3.18. The Balaban J connectivity index is 1.93. The molecule has 0 aromatic carbocycles. The summed E-state index contributed by atoms with van der Waals surface area (Å²) in [4.78, 5) is 10.9. The highest BCUT2D eigenvalue weighted by Gasteiger charge is 2.41. The minimum atomic E-state index is -3.22. The summed E-state index contributed by atoms with van der Waals surface area (Å²) in [6, 6.07) is 1.79. The molecule has 23 heavy (non-hydrogen) atoms. The third kappa shape index (κ3) is 3.21. The number of rotatable bonds is 4. The Bertz CT molecular complexity index is 669. The summed E-state index contributed by atoms with van der Waals surface area (Å²) in [6.45, 7) is 2.48. The van der Waals surface area contributed by atoms with Crippen LogP contribution in [0.3, 0.4) is 0 Å². The number of sulfonamides is 1. The van der Waals surface area contributed by atoms with E-state index in [1.54, 1.807) is 4.31 Å². The molecule has 7 heteroatoms. The van der Waals surface area contributed by atoms with Crippen molar-refractivity contribution in [3.63, 3.8) is 0 Å². The minimum absolute atomic E-state index is 0.138. The molecule has 1 aromatic rings. The van der Waals surface area contributed by atoms with Crippen LogP contribution in [0.1, 0.15) is 56.1 Å². The van der Waals surface area contributed by atoms with E-state index in [-0.39, 0.29) is 11.3 Å². The van der Waals surface area contributed by atoms with Crippen LogP contribution in [-0.4, -0.2) is 48.6 Å². The summed E-state index contributed by atoms with van der Waals surface area (Å²) < 4.78 is 27.7. The maximum absolute atomic E-state index is 13.0. The second-order valence-electron chi connectivity index (χ2n) is 6.81. The van der Waals surface area contributed by atoms with Crippen LogP contribution in [-0.2, 0) is 10.0 Å². The third-order valence-electron chi connectivity index (χ3n) is 4.90. The van der Waals surface area contributed by atoms with Gasteiger partial charge < -0.3 is 4.90 Å². The van der Waals surface area contributed by atoms with E-state index in [2.05, 4.69) is 9.97 Å².